The summed E-state index contributed by atoms with van der Waals surface area (Å²) in [5.41, 5.74) is -0.830. The Kier molecular flexibility index (Phi) is 6.56. The lowest BCUT2D eigenvalue weighted by Gasteiger charge is -2.44. The van der Waals surface area contributed by atoms with Crippen LogP contribution in [0.3, 0.4) is 0 Å². The Balaban J connectivity index is 2.15. The van der Waals surface area contributed by atoms with E-state index in [1.165, 1.54) is 6.92 Å². The van der Waals surface area contributed by atoms with Crippen molar-refractivity contribution in [3.63, 3.8) is 0 Å². The average molecular weight is 411 g/mol. The zero-order valence-corrected chi connectivity index (χ0v) is 17.9. The van der Waals surface area contributed by atoms with E-state index in [1.54, 1.807) is 6.92 Å². The number of fused-ring (bicyclic) bond motifs is 1. The van der Waals surface area contributed by atoms with E-state index in [9.17, 15) is 19.5 Å². The van der Waals surface area contributed by atoms with Crippen LogP contribution in [0.15, 0.2) is 42.5 Å². The molecule has 2 aromatic rings. The van der Waals surface area contributed by atoms with Crippen LogP contribution in [0.2, 0.25) is 0 Å². The van der Waals surface area contributed by atoms with Crippen molar-refractivity contribution < 1.29 is 19.5 Å². The lowest BCUT2D eigenvalue weighted by Crippen LogP contribution is -2.64. The number of amides is 2. The van der Waals surface area contributed by atoms with E-state index in [4.69, 9.17) is 0 Å². The van der Waals surface area contributed by atoms with E-state index in [2.05, 4.69) is 5.32 Å². The summed E-state index contributed by atoms with van der Waals surface area (Å²) < 4.78 is 0. The minimum absolute atomic E-state index is 0.131. The molecule has 1 saturated heterocycles. The van der Waals surface area contributed by atoms with Gasteiger partial charge in [-0.2, -0.15) is 0 Å². The number of carbonyl (C=O) groups excluding carboxylic acids is 2. The Morgan fingerprint density at radius 3 is 2.40 bits per heavy atom. The summed E-state index contributed by atoms with van der Waals surface area (Å²) >= 11 is 0. The molecular formula is C24H30N2O4. The van der Waals surface area contributed by atoms with Gasteiger partial charge in [-0.25, -0.2) is 4.79 Å². The molecule has 0 saturated carbocycles. The molecule has 2 amide bonds. The molecule has 160 valence electrons. The van der Waals surface area contributed by atoms with Crippen LogP contribution < -0.4 is 5.32 Å². The highest BCUT2D eigenvalue weighted by molar-refractivity contribution is 6.03. The minimum Gasteiger partial charge on any atom is -0.479 e. The van der Waals surface area contributed by atoms with Gasteiger partial charge >= 0.3 is 5.97 Å². The second kappa shape index (κ2) is 8.96. The van der Waals surface area contributed by atoms with Gasteiger partial charge in [0, 0.05) is 12.8 Å². The molecule has 2 N–H and O–H groups in total. The maximum absolute atomic E-state index is 13.3. The lowest BCUT2D eigenvalue weighted by atomic mass is 9.73. The third kappa shape index (κ3) is 3.72. The van der Waals surface area contributed by atoms with Gasteiger partial charge in [0.15, 0.2) is 5.54 Å². The molecule has 0 bridgehead atoms. The second-order valence-electron chi connectivity index (χ2n) is 7.99. The van der Waals surface area contributed by atoms with Gasteiger partial charge in [0.1, 0.15) is 0 Å². The minimum atomic E-state index is -1.65. The first-order chi connectivity index (χ1) is 14.4. The molecule has 0 aliphatic carbocycles. The van der Waals surface area contributed by atoms with Crippen LogP contribution in [-0.2, 0) is 14.4 Å². The molecule has 0 aromatic heterocycles. The Morgan fingerprint density at radius 2 is 1.87 bits per heavy atom. The normalized spacial score (nSPS) is 19.2. The average Bonchev–Trinajstić information content (AvgIpc) is 3.27. The number of imide groups is 1. The summed E-state index contributed by atoms with van der Waals surface area (Å²) in [6.07, 6.45) is 2.05. The first-order valence-electron chi connectivity index (χ1n) is 10.7. The molecule has 1 heterocycles. The van der Waals surface area contributed by atoms with Gasteiger partial charge in [-0.3, -0.25) is 14.5 Å². The van der Waals surface area contributed by atoms with Crippen molar-refractivity contribution in [1.29, 1.82) is 0 Å². The fraction of sp³-hybridized carbons (Fsp3) is 0.458. The zero-order chi connectivity index (χ0) is 21.9. The van der Waals surface area contributed by atoms with Crippen LogP contribution in [0.4, 0.5) is 0 Å². The van der Waals surface area contributed by atoms with E-state index in [0.29, 0.717) is 19.4 Å². The number of carbonyl (C=O) groups is 3. The summed E-state index contributed by atoms with van der Waals surface area (Å²) in [5.74, 6) is -2.65. The van der Waals surface area contributed by atoms with Crippen molar-refractivity contribution in [2.45, 2.75) is 64.0 Å². The third-order valence-electron chi connectivity index (χ3n) is 6.36. The van der Waals surface area contributed by atoms with Crippen LogP contribution in [-0.4, -0.2) is 45.9 Å². The van der Waals surface area contributed by atoms with E-state index in [1.807, 2.05) is 49.4 Å². The Hall–Kier alpha value is -2.73. The third-order valence-corrected chi connectivity index (χ3v) is 6.36. The number of carboxylic acid groups (broad SMARTS) is 1. The first-order valence-corrected chi connectivity index (χ1v) is 10.7. The lowest BCUT2D eigenvalue weighted by molar-refractivity contribution is -0.169. The van der Waals surface area contributed by atoms with Crippen LogP contribution in [0.1, 0.15) is 57.9 Å². The number of rotatable bonds is 7. The van der Waals surface area contributed by atoms with Crippen molar-refractivity contribution in [1.82, 2.24) is 10.2 Å². The summed E-state index contributed by atoms with van der Waals surface area (Å²) in [7, 11) is 0. The molecule has 1 aliphatic heterocycles. The highest BCUT2D eigenvalue weighted by Crippen LogP contribution is 2.41. The number of carboxylic acids is 1. The van der Waals surface area contributed by atoms with E-state index in [-0.39, 0.29) is 6.42 Å². The molecular weight excluding hydrogens is 380 g/mol. The standard InChI is InChI=1S/C24H30N2O4/c1-4-20(19-13-12-17-9-6-7-10-18(17)15-19)24(5-2,23(29)30)26(16(3)27)22(28)21-11-8-14-25-21/h6-7,9-10,12-13,15,20-21,25H,4-5,8,11,14H2,1-3H3,(H,29,30)/t20?,21-,24-/m0/s1. The van der Waals surface area contributed by atoms with Gasteiger partial charge < -0.3 is 10.4 Å². The highest BCUT2D eigenvalue weighted by atomic mass is 16.4. The molecule has 3 atom stereocenters. The van der Waals surface area contributed by atoms with Crippen LogP contribution in [0.25, 0.3) is 10.8 Å². The van der Waals surface area contributed by atoms with Crippen molar-refractivity contribution in [3.05, 3.63) is 48.0 Å². The molecule has 3 rings (SSSR count). The van der Waals surface area contributed by atoms with Crippen molar-refractivity contribution in [2.24, 2.45) is 0 Å². The number of nitrogens with zero attached hydrogens (tertiary/aromatic N) is 1. The SMILES string of the molecule is CCC(c1ccc2ccccc2c1)[C@@](CC)(C(=O)O)N(C(C)=O)C(=O)[C@@H]1CCCN1. The second-order valence-corrected chi connectivity index (χ2v) is 7.99. The quantitative estimate of drug-likeness (QED) is 0.727. The van der Waals surface area contributed by atoms with E-state index < -0.39 is 35.3 Å². The molecule has 1 unspecified atom stereocenters. The van der Waals surface area contributed by atoms with Crippen molar-refractivity contribution in [2.75, 3.05) is 6.54 Å². The maximum atomic E-state index is 13.3. The van der Waals surface area contributed by atoms with Crippen LogP contribution in [0, 0.1) is 0 Å². The number of nitrogens with one attached hydrogen (secondary N) is 1. The van der Waals surface area contributed by atoms with Crippen LogP contribution in [0.5, 0.6) is 0 Å². The predicted octanol–water partition coefficient (Wildman–Crippen LogP) is 3.69. The van der Waals surface area contributed by atoms with Crippen molar-refractivity contribution >= 4 is 28.6 Å². The monoisotopic (exact) mass is 410 g/mol. The number of aliphatic carboxylic acids is 1. The predicted molar refractivity (Wildman–Crippen MR) is 116 cm³/mol. The van der Waals surface area contributed by atoms with Crippen molar-refractivity contribution in [3.8, 4) is 0 Å². The number of benzene rings is 2. The van der Waals surface area contributed by atoms with E-state index >= 15 is 0 Å². The molecule has 30 heavy (non-hydrogen) atoms. The summed E-state index contributed by atoms with van der Waals surface area (Å²) in [4.78, 5) is 39.9. The maximum Gasteiger partial charge on any atom is 0.330 e. The molecule has 2 aromatic carbocycles. The zero-order valence-electron chi connectivity index (χ0n) is 17.9. The molecule has 1 fully saturated rings. The van der Waals surface area contributed by atoms with Crippen LogP contribution >= 0.6 is 0 Å². The topological polar surface area (TPSA) is 86.7 Å². The van der Waals surface area contributed by atoms with Gasteiger partial charge in [0.2, 0.25) is 11.8 Å². The van der Waals surface area contributed by atoms with Gasteiger partial charge in [-0.1, -0.05) is 56.3 Å². The molecule has 0 radical (unpaired) electrons. The smallest absolute Gasteiger partial charge is 0.330 e. The fourth-order valence-corrected chi connectivity index (χ4v) is 4.91. The summed E-state index contributed by atoms with van der Waals surface area (Å²) in [5, 5.41) is 15.6. The van der Waals surface area contributed by atoms with E-state index in [0.717, 1.165) is 27.7 Å². The van der Waals surface area contributed by atoms with Gasteiger partial charge in [-0.15, -0.1) is 0 Å². The highest BCUT2D eigenvalue weighted by Gasteiger charge is 2.54. The molecule has 1 aliphatic rings. The largest absolute Gasteiger partial charge is 0.479 e. The molecule has 0 spiro atoms. The Labute approximate surface area is 177 Å². The Bertz CT molecular complexity index is 951. The summed E-state index contributed by atoms with van der Waals surface area (Å²) in [6.45, 7) is 5.62. The number of hydrogen-bond acceptors (Lipinski definition) is 4. The van der Waals surface area contributed by atoms with Gasteiger partial charge in [0.25, 0.3) is 0 Å². The molecule has 6 nitrogen and oxygen atoms in total. The Morgan fingerprint density at radius 1 is 1.17 bits per heavy atom. The summed E-state index contributed by atoms with van der Waals surface area (Å²) in [6, 6.07) is 13.2. The fourth-order valence-electron chi connectivity index (χ4n) is 4.91. The molecule has 6 heteroatoms. The van der Waals surface area contributed by atoms with Gasteiger partial charge in [-0.05, 0) is 48.6 Å². The number of hydrogen-bond donors (Lipinski definition) is 2. The first kappa shape index (κ1) is 22.0. The van der Waals surface area contributed by atoms with Gasteiger partial charge in [0.05, 0.1) is 6.04 Å².